The number of ether oxygens (including phenoxy) is 3. The summed E-state index contributed by atoms with van der Waals surface area (Å²) in [5.41, 5.74) is 3.37. The molecule has 7 nitrogen and oxygen atoms in total. The molecule has 1 amide bonds. The number of ketones is 1. The summed E-state index contributed by atoms with van der Waals surface area (Å²) >= 11 is 0. The first-order valence-corrected chi connectivity index (χ1v) is 9.58. The van der Waals surface area contributed by atoms with Gasteiger partial charge >= 0.3 is 5.97 Å². The Morgan fingerprint density at radius 3 is 2.52 bits per heavy atom. The summed E-state index contributed by atoms with van der Waals surface area (Å²) in [6.45, 7) is -0.562. The Hall–Kier alpha value is -3.35. The van der Waals surface area contributed by atoms with Gasteiger partial charge in [0, 0.05) is 11.1 Å². The van der Waals surface area contributed by atoms with E-state index in [0.717, 1.165) is 19.3 Å². The molecule has 2 aromatic carbocycles. The van der Waals surface area contributed by atoms with Gasteiger partial charge in [-0.15, -0.1) is 0 Å². The minimum Gasteiger partial charge on any atom is -0.456 e. The Bertz CT molecular complexity index is 968. The molecule has 150 valence electrons. The number of Topliss-reactive ketones (excluding diaryl/α,β-unsaturated/α-hetero) is 1. The molecule has 0 fully saturated rings. The zero-order valence-electron chi connectivity index (χ0n) is 15.9. The van der Waals surface area contributed by atoms with Crippen LogP contribution in [0.1, 0.15) is 44.7 Å². The summed E-state index contributed by atoms with van der Waals surface area (Å²) in [5, 5.41) is 2.47. The quantitative estimate of drug-likeness (QED) is 0.597. The van der Waals surface area contributed by atoms with Crippen LogP contribution in [0, 0.1) is 0 Å². The molecule has 1 heterocycles. The Morgan fingerprint density at radius 2 is 1.66 bits per heavy atom. The standard InChI is InChI=1S/C22H21NO6/c24-18(16-6-5-14-3-1-2-4-15(14)9-16)12-27-21(25)11-23-22(26)17-7-8-19-20(10-17)29-13-28-19/h5-10H,1-4,11-13H2,(H,23,26). The molecule has 2 aliphatic rings. The summed E-state index contributed by atoms with van der Waals surface area (Å²) in [6, 6.07) is 10.4. The molecule has 0 aromatic heterocycles. The molecule has 2 aromatic rings. The maximum atomic E-state index is 12.3. The number of carbonyl (C=O) groups excluding carboxylic acids is 3. The van der Waals surface area contributed by atoms with Gasteiger partial charge in [0.1, 0.15) is 6.54 Å². The molecular formula is C22H21NO6. The Labute approximate surface area is 168 Å². The van der Waals surface area contributed by atoms with Crippen molar-refractivity contribution in [3.05, 3.63) is 58.7 Å². The molecule has 1 N–H and O–H groups in total. The average Bonchev–Trinajstić information content (AvgIpc) is 3.23. The molecule has 0 unspecified atom stereocenters. The molecular weight excluding hydrogens is 374 g/mol. The zero-order chi connectivity index (χ0) is 20.2. The van der Waals surface area contributed by atoms with Crippen LogP contribution in [0.25, 0.3) is 0 Å². The molecule has 0 spiro atoms. The van der Waals surface area contributed by atoms with Gasteiger partial charge in [-0.25, -0.2) is 0 Å². The predicted molar refractivity (Wildman–Crippen MR) is 103 cm³/mol. The van der Waals surface area contributed by atoms with Gasteiger partial charge in [-0.05, 0) is 61.1 Å². The summed E-state index contributed by atoms with van der Waals surface area (Å²) in [4.78, 5) is 36.4. The fourth-order valence-electron chi connectivity index (χ4n) is 3.48. The van der Waals surface area contributed by atoms with Crippen molar-refractivity contribution in [3.63, 3.8) is 0 Å². The highest BCUT2D eigenvalue weighted by atomic mass is 16.7. The number of aryl methyl sites for hydroxylation is 2. The van der Waals surface area contributed by atoms with Gasteiger partial charge in [0.2, 0.25) is 6.79 Å². The third-order valence-electron chi connectivity index (χ3n) is 5.06. The maximum Gasteiger partial charge on any atom is 0.325 e. The molecule has 0 saturated heterocycles. The van der Waals surface area contributed by atoms with Gasteiger partial charge in [0.25, 0.3) is 5.91 Å². The first-order valence-electron chi connectivity index (χ1n) is 9.58. The highest BCUT2D eigenvalue weighted by Gasteiger charge is 2.18. The Morgan fingerprint density at radius 1 is 0.897 bits per heavy atom. The van der Waals surface area contributed by atoms with E-state index in [1.807, 2.05) is 12.1 Å². The van der Waals surface area contributed by atoms with E-state index in [-0.39, 0.29) is 25.7 Å². The van der Waals surface area contributed by atoms with Crippen molar-refractivity contribution in [2.24, 2.45) is 0 Å². The SMILES string of the molecule is O=C(CNC(=O)c1ccc2c(c1)OCO2)OCC(=O)c1ccc2c(c1)CCCC2. The molecule has 29 heavy (non-hydrogen) atoms. The predicted octanol–water partition coefficient (Wildman–Crippen LogP) is 2.45. The van der Waals surface area contributed by atoms with E-state index in [1.54, 1.807) is 24.3 Å². The van der Waals surface area contributed by atoms with Crippen LogP contribution in [0.2, 0.25) is 0 Å². The van der Waals surface area contributed by atoms with Crippen LogP contribution in [-0.4, -0.2) is 37.6 Å². The van der Waals surface area contributed by atoms with Gasteiger partial charge in [0.15, 0.2) is 23.9 Å². The number of amides is 1. The number of carbonyl (C=O) groups is 3. The molecule has 4 rings (SSSR count). The molecule has 0 saturated carbocycles. The van der Waals surface area contributed by atoms with E-state index in [2.05, 4.69) is 5.32 Å². The summed E-state index contributed by atoms with van der Waals surface area (Å²) < 4.78 is 15.4. The van der Waals surface area contributed by atoms with Crippen LogP contribution in [0.4, 0.5) is 0 Å². The largest absolute Gasteiger partial charge is 0.456 e. The van der Waals surface area contributed by atoms with Crippen LogP contribution in [0.5, 0.6) is 11.5 Å². The first kappa shape index (κ1) is 19.0. The van der Waals surface area contributed by atoms with E-state index in [1.165, 1.54) is 17.5 Å². The van der Waals surface area contributed by atoms with E-state index < -0.39 is 11.9 Å². The number of hydrogen-bond acceptors (Lipinski definition) is 6. The molecule has 1 aliphatic heterocycles. The van der Waals surface area contributed by atoms with Crippen molar-refractivity contribution in [2.75, 3.05) is 19.9 Å². The van der Waals surface area contributed by atoms with Gasteiger partial charge < -0.3 is 19.5 Å². The second kappa shape index (κ2) is 8.34. The minimum atomic E-state index is -0.676. The van der Waals surface area contributed by atoms with E-state index >= 15 is 0 Å². The second-order valence-electron chi connectivity index (χ2n) is 7.03. The highest BCUT2D eigenvalue weighted by molar-refractivity contribution is 5.99. The second-order valence-corrected chi connectivity index (χ2v) is 7.03. The topological polar surface area (TPSA) is 90.9 Å². The van der Waals surface area contributed by atoms with Gasteiger partial charge in [-0.2, -0.15) is 0 Å². The summed E-state index contributed by atoms with van der Waals surface area (Å²) in [6.07, 6.45) is 4.32. The van der Waals surface area contributed by atoms with Crippen LogP contribution in [0.15, 0.2) is 36.4 Å². The lowest BCUT2D eigenvalue weighted by atomic mass is 9.90. The molecule has 0 atom stereocenters. The van der Waals surface area contributed by atoms with Crippen LogP contribution >= 0.6 is 0 Å². The normalized spacial score (nSPS) is 14.1. The van der Waals surface area contributed by atoms with Gasteiger partial charge in [0.05, 0.1) is 0 Å². The monoisotopic (exact) mass is 395 g/mol. The highest BCUT2D eigenvalue weighted by Crippen LogP contribution is 2.32. The number of hydrogen-bond donors (Lipinski definition) is 1. The lowest BCUT2D eigenvalue weighted by molar-refractivity contribution is -0.141. The summed E-state index contributed by atoms with van der Waals surface area (Å²) in [7, 11) is 0. The first-order chi connectivity index (χ1) is 14.1. The summed E-state index contributed by atoms with van der Waals surface area (Å²) in [5.74, 6) is -0.321. The third kappa shape index (κ3) is 4.39. The van der Waals surface area contributed by atoms with Crippen molar-refractivity contribution in [1.82, 2.24) is 5.32 Å². The van der Waals surface area contributed by atoms with Crippen molar-refractivity contribution in [2.45, 2.75) is 25.7 Å². The number of rotatable bonds is 6. The number of benzene rings is 2. The number of esters is 1. The molecule has 0 radical (unpaired) electrons. The Balaban J connectivity index is 1.25. The third-order valence-corrected chi connectivity index (χ3v) is 5.06. The van der Waals surface area contributed by atoms with Crippen molar-refractivity contribution >= 4 is 17.7 Å². The fourth-order valence-corrected chi connectivity index (χ4v) is 3.48. The smallest absolute Gasteiger partial charge is 0.325 e. The lowest BCUT2D eigenvalue weighted by Gasteiger charge is -2.16. The van der Waals surface area contributed by atoms with Crippen LogP contribution in [0.3, 0.4) is 0 Å². The number of nitrogens with one attached hydrogen (secondary N) is 1. The molecule has 1 aliphatic carbocycles. The average molecular weight is 395 g/mol. The maximum absolute atomic E-state index is 12.3. The van der Waals surface area contributed by atoms with Crippen molar-refractivity contribution in [1.29, 1.82) is 0 Å². The molecule has 0 bridgehead atoms. The Kier molecular flexibility index (Phi) is 5.46. The minimum absolute atomic E-state index is 0.116. The fraction of sp³-hybridized carbons (Fsp3) is 0.318. The van der Waals surface area contributed by atoms with Crippen LogP contribution < -0.4 is 14.8 Å². The van der Waals surface area contributed by atoms with Crippen molar-refractivity contribution in [3.8, 4) is 11.5 Å². The van der Waals surface area contributed by atoms with Crippen LogP contribution in [-0.2, 0) is 22.4 Å². The lowest BCUT2D eigenvalue weighted by Crippen LogP contribution is -2.31. The number of fused-ring (bicyclic) bond motifs is 2. The van der Waals surface area contributed by atoms with E-state index in [9.17, 15) is 14.4 Å². The zero-order valence-corrected chi connectivity index (χ0v) is 15.9. The molecule has 7 heteroatoms. The van der Waals surface area contributed by atoms with Gasteiger partial charge in [-0.3, -0.25) is 14.4 Å². The van der Waals surface area contributed by atoms with E-state index in [4.69, 9.17) is 14.2 Å². The van der Waals surface area contributed by atoms with E-state index in [0.29, 0.717) is 22.6 Å². The van der Waals surface area contributed by atoms with Gasteiger partial charge in [-0.1, -0.05) is 12.1 Å². The van der Waals surface area contributed by atoms with Crippen molar-refractivity contribution < 1.29 is 28.6 Å².